The largest absolute Gasteiger partial charge is 0.359 e. The minimum atomic E-state index is 0.329. The van der Waals surface area contributed by atoms with E-state index < -0.39 is 0 Å². The maximum Gasteiger partial charge on any atom is 0.258 e. The van der Waals surface area contributed by atoms with Crippen LogP contribution in [0.1, 0.15) is 0 Å². The summed E-state index contributed by atoms with van der Waals surface area (Å²) in [7, 11) is 1.67. The van der Waals surface area contributed by atoms with E-state index in [2.05, 4.69) is 22.6 Å². The summed E-state index contributed by atoms with van der Waals surface area (Å²) in [4.78, 5) is 0. The van der Waals surface area contributed by atoms with Crippen LogP contribution in [0.25, 0.3) is 0 Å². The van der Waals surface area contributed by atoms with Crippen molar-refractivity contribution in [2.75, 3.05) is 7.05 Å². The van der Waals surface area contributed by atoms with Crippen LogP contribution in [0.2, 0.25) is 0 Å². The van der Waals surface area contributed by atoms with Crippen LogP contribution in [-0.2, 0) is 0 Å². The van der Waals surface area contributed by atoms with E-state index in [0.717, 1.165) is 0 Å². The Morgan fingerprint density at radius 2 is 2.50 bits per heavy atom. The second-order valence-corrected chi connectivity index (χ2v) is 1.07. The second kappa shape index (κ2) is 2.71. The van der Waals surface area contributed by atoms with E-state index in [4.69, 9.17) is 5.53 Å². The summed E-state index contributed by atoms with van der Waals surface area (Å²) < 4.78 is 0. The highest BCUT2D eigenvalue weighted by Gasteiger charge is 1.81. The molecule has 0 heterocycles. The molecule has 0 fully saturated rings. The third kappa shape index (κ3) is 1.78. The van der Waals surface area contributed by atoms with Gasteiger partial charge < -0.3 is 5.32 Å². The number of nitrogens with two attached hydrogens (primary N) is 1. The van der Waals surface area contributed by atoms with E-state index in [1.807, 2.05) is 0 Å². The zero-order chi connectivity index (χ0) is 4.99. The molecule has 0 bridgehead atoms. The van der Waals surface area contributed by atoms with Crippen molar-refractivity contribution >= 4 is 17.3 Å². The molecule has 0 aromatic rings. The third-order valence-corrected chi connectivity index (χ3v) is 0.641. The lowest BCUT2D eigenvalue weighted by Gasteiger charge is -1.80. The van der Waals surface area contributed by atoms with Gasteiger partial charge in [-0.15, -0.1) is 5.53 Å². The Kier molecular flexibility index (Phi) is 2.48. The fourth-order valence-electron chi connectivity index (χ4n) is 0.0645. The topological polar surface area (TPSA) is 50.0 Å². The van der Waals surface area contributed by atoms with E-state index in [1.165, 1.54) is 0 Å². The van der Waals surface area contributed by atoms with Gasteiger partial charge in [-0.1, -0.05) is 0 Å². The summed E-state index contributed by atoms with van der Waals surface area (Å²) in [5, 5.41) is 6.01. The first-order valence-electron chi connectivity index (χ1n) is 1.44. The van der Waals surface area contributed by atoms with Gasteiger partial charge in [0.25, 0.3) is 5.11 Å². The van der Waals surface area contributed by atoms with Gasteiger partial charge in [-0.2, -0.15) is 0 Å². The molecular formula is C2H6N3S+. The van der Waals surface area contributed by atoms with E-state index in [1.54, 1.807) is 7.05 Å². The molecule has 0 radical (unpaired) electrons. The van der Waals surface area contributed by atoms with Gasteiger partial charge in [0.2, 0.25) is 0 Å². The molecule has 34 valence electrons. The van der Waals surface area contributed by atoms with Crippen molar-refractivity contribution in [2.24, 2.45) is 5.11 Å². The van der Waals surface area contributed by atoms with Crippen molar-refractivity contribution < 1.29 is 5.53 Å². The number of nitrogens with one attached hydrogen (secondary N) is 1. The van der Waals surface area contributed by atoms with Gasteiger partial charge in [0, 0.05) is 12.2 Å². The van der Waals surface area contributed by atoms with Gasteiger partial charge in [-0.05, 0) is 12.2 Å². The Bertz CT molecular complexity index is 69.2. The molecule has 3 N–H and O–H groups in total. The van der Waals surface area contributed by atoms with Gasteiger partial charge in [-0.25, -0.2) is 0 Å². The molecule has 4 heteroatoms. The number of hydrogen-bond donors (Lipinski definition) is 2. The highest BCUT2D eigenvalue weighted by Crippen LogP contribution is 1.60. The lowest BCUT2D eigenvalue weighted by molar-refractivity contribution is -0.207. The van der Waals surface area contributed by atoms with Gasteiger partial charge in [0.1, 0.15) is 0 Å². The van der Waals surface area contributed by atoms with Crippen molar-refractivity contribution in [3.8, 4) is 0 Å². The van der Waals surface area contributed by atoms with Crippen LogP contribution in [0.3, 0.4) is 0 Å². The minimum Gasteiger partial charge on any atom is -0.359 e. The van der Waals surface area contributed by atoms with Crippen LogP contribution in [0.5, 0.6) is 0 Å². The molecule has 6 heavy (non-hydrogen) atoms. The number of rotatable bonds is 0. The standard InChI is InChI=1S/C2H5N3S/c1-4-2(6)5-3/h3H,1H3,(H,4,6)/p+1. The Hall–Kier alpha value is -0.510. The lowest BCUT2D eigenvalue weighted by Crippen LogP contribution is -2.30. The molecule has 0 aliphatic heterocycles. The smallest absolute Gasteiger partial charge is 0.258 e. The third-order valence-electron chi connectivity index (χ3n) is 0.331. The normalized spacial score (nSPS) is 6.83. The van der Waals surface area contributed by atoms with Gasteiger partial charge in [0.15, 0.2) is 0 Å². The lowest BCUT2D eigenvalue weighted by atomic mass is 11.1. The maximum atomic E-state index is 4.70. The summed E-state index contributed by atoms with van der Waals surface area (Å²) in [5.74, 6) is 0. The van der Waals surface area contributed by atoms with Crippen molar-refractivity contribution in [3.63, 3.8) is 0 Å². The highest BCUT2D eigenvalue weighted by molar-refractivity contribution is 7.80. The quantitative estimate of drug-likeness (QED) is 0.296. The molecule has 0 saturated carbocycles. The van der Waals surface area contributed by atoms with E-state index >= 15 is 0 Å². The van der Waals surface area contributed by atoms with Crippen molar-refractivity contribution in [1.82, 2.24) is 5.32 Å². The van der Waals surface area contributed by atoms with Gasteiger partial charge in [-0.3, -0.25) is 0 Å². The predicted octanol–water partition coefficient (Wildman–Crippen LogP) is -1.30. The molecule has 0 amide bonds. The van der Waals surface area contributed by atoms with E-state index in [9.17, 15) is 0 Å². The first kappa shape index (κ1) is 5.49. The first-order valence-corrected chi connectivity index (χ1v) is 1.84. The molecule has 0 saturated heterocycles. The van der Waals surface area contributed by atoms with Crippen molar-refractivity contribution in [2.45, 2.75) is 0 Å². The Labute approximate surface area is 41.2 Å². The summed E-state index contributed by atoms with van der Waals surface area (Å²) in [6.07, 6.45) is 0. The maximum absolute atomic E-state index is 4.70. The van der Waals surface area contributed by atoms with Crippen LogP contribution in [-0.4, -0.2) is 12.2 Å². The fourth-order valence-corrected chi connectivity index (χ4v) is 0.0645. The summed E-state index contributed by atoms with van der Waals surface area (Å²) >= 11 is 4.45. The van der Waals surface area contributed by atoms with E-state index in [-0.39, 0.29) is 0 Å². The van der Waals surface area contributed by atoms with E-state index in [0.29, 0.717) is 5.11 Å². The summed E-state index contributed by atoms with van der Waals surface area (Å²) in [6.45, 7) is 0. The van der Waals surface area contributed by atoms with Gasteiger partial charge in [0.05, 0.1) is 0 Å². The SMILES string of the molecule is CNC(=S)N=[NH2+]. The molecule has 0 rings (SSSR count). The molecule has 0 spiro atoms. The van der Waals surface area contributed by atoms with Crippen molar-refractivity contribution in [1.29, 1.82) is 0 Å². The average molecular weight is 104 g/mol. The van der Waals surface area contributed by atoms with Crippen molar-refractivity contribution in [3.05, 3.63) is 0 Å². The van der Waals surface area contributed by atoms with Gasteiger partial charge >= 0.3 is 0 Å². The Morgan fingerprint density at radius 3 is 2.50 bits per heavy atom. The van der Waals surface area contributed by atoms with Crippen LogP contribution in [0.15, 0.2) is 5.11 Å². The molecule has 0 unspecified atom stereocenters. The molecule has 0 atom stereocenters. The predicted molar refractivity (Wildman–Crippen MR) is 26.0 cm³/mol. The number of nitrogens with zero attached hydrogens (tertiary/aromatic N) is 1. The molecular weight excluding hydrogens is 98.1 g/mol. The molecule has 3 nitrogen and oxygen atoms in total. The number of hydrogen-bond acceptors (Lipinski definition) is 1. The summed E-state index contributed by atoms with van der Waals surface area (Å²) in [6, 6.07) is 0. The average Bonchev–Trinajstić information content (AvgIpc) is 1.65. The Morgan fingerprint density at radius 1 is 2.00 bits per heavy atom. The monoisotopic (exact) mass is 104 g/mol. The zero-order valence-electron chi connectivity index (χ0n) is 3.43. The summed E-state index contributed by atoms with van der Waals surface area (Å²) in [5.41, 5.74) is 4.70. The first-order chi connectivity index (χ1) is 2.81. The van der Waals surface area contributed by atoms with Crippen LogP contribution in [0.4, 0.5) is 0 Å². The second-order valence-electron chi connectivity index (χ2n) is 0.684. The molecule has 0 aliphatic rings. The van der Waals surface area contributed by atoms with Crippen LogP contribution in [0, 0.1) is 0 Å². The molecule has 0 aromatic heterocycles. The van der Waals surface area contributed by atoms with Crippen LogP contribution < -0.4 is 10.8 Å². The molecule has 0 aromatic carbocycles. The molecule has 0 aliphatic carbocycles. The Balaban J connectivity index is 3.23. The minimum absolute atomic E-state index is 0.329. The van der Waals surface area contributed by atoms with Crippen LogP contribution >= 0.6 is 12.2 Å². The number of thiocarbonyl (C=S) groups is 1. The zero-order valence-corrected chi connectivity index (χ0v) is 4.25. The highest BCUT2D eigenvalue weighted by atomic mass is 32.1. The fraction of sp³-hybridized carbons (Fsp3) is 0.500.